The molecule has 15 heavy (non-hydrogen) atoms. The maximum absolute atomic E-state index is 12.8. The number of fused-ring (bicyclic) bond motifs is 1. The van der Waals surface area contributed by atoms with Gasteiger partial charge in [0, 0.05) is 5.75 Å². The smallest absolute Gasteiger partial charge is 1.00 e. The number of rotatable bonds is 0. The molecule has 1 heterocycles. The van der Waals surface area contributed by atoms with E-state index in [2.05, 4.69) is 10.8 Å². The van der Waals surface area contributed by atoms with Crippen LogP contribution in [-0.2, 0) is 5.92 Å². The number of alkyl halides is 4. The van der Waals surface area contributed by atoms with Crippen LogP contribution in [0.2, 0.25) is 0 Å². The Hall–Kier alpha value is -0.204. The molecule has 0 aromatic heterocycles. The van der Waals surface area contributed by atoms with E-state index in [0.717, 1.165) is 6.07 Å². The van der Waals surface area contributed by atoms with Gasteiger partial charge in [-0.25, -0.2) is 8.78 Å². The van der Waals surface area contributed by atoms with Crippen molar-refractivity contribution in [3.63, 3.8) is 0 Å². The predicted molar refractivity (Wildman–Crippen MR) is 40.5 cm³/mol. The van der Waals surface area contributed by atoms with Crippen LogP contribution >= 0.6 is 0 Å². The van der Waals surface area contributed by atoms with E-state index in [1.807, 2.05) is 0 Å². The molecule has 0 unspecified atom stereocenters. The van der Waals surface area contributed by atoms with E-state index < -0.39 is 23.3 Å². The molecule has 2 rings (SSSR count). The van der Waals surface area contributed by atoms with Gasteiger partial charge >= 0.3 is 35.1 Å². The minimum Gasteiger partial charge on any atom is -1.00 e. The molecule has 0 amide bonds. The van der Waals surface area contributed by atoms with Gasteiger partial charge in [0.25, 0.3) is 0 Å². The van der Waals surface area contributed by atoms with Gasteiger partial charge in [-0.2, -0.15) is 27.0 Å². The van der Waals surface area contributed by atoms with E-state index in [1.165, 1.54) is 12.1 Å². The summed E-state index contributed by atoms with van der Waals surface area (Å²) in [6, 6.07) is 5.51. The van der Waals surface area contributed by atoms with Crippen LogP contribution in [0, 0.1) is 6.07 Å². The average molecular weight is 251 g/mol. The Morgan fingerprint density at radius 2 is 1.80 bits per heavy atom. The van der Waals surface area contributed by atoms with Crippen LogP contribution in [0.3, 0.4) is 0 Å². The van der Waals surface area contributed by atoms with Crippen LogP contribution < -0.4 is 17.1 Å². The van der Waals surface area contributed by atoms with Crippen molar-refractivity contribution in [1.29, 1.82) is 0 Å². The molecule has 0 saturated heterocycles. The molecule has 1 aliphatic rings. The van der Waals surface area contributed by atoms with Crippen molar-refractivity contribution >= 4 is 23.1 Å². The van der Waals surface area contributed by atoms with E-state index in [4.69, 9.17) is 0 Å². The largest absolute Gasteiger partial charge is 2.00 e. The van der Waals surface area contributed by atoms with Gasteiger partial charge < -0.3 is 17.1 Å². The Kier molecular flexibility index (Phi) is 4.29. The number of benzene rings is 1. The summed E-state index contributed by atoms with van der Waals surface area (Å²) in [5, 5.41) is 0. The molecule has 1 aliphatic heterocycles. The quantitative estimate of drug-likeness (QED) is 0.333. The third-order valence-electron chi connectivity index (χ3n) is 1.75. The van der Waals surface area contributed by atoms with E-state index >= 15 is 0 Å². The summed E-state index contributed by atoms with van der Waals surface area (Å²) in [7, 11) is 0. The van der Waals surface area contributed by atoms with Crippen LogP contribution in [-0.4, -0.2) is 29.2 Å². The SMILES string of the molecule is FC1(F)Oc2[c-]cccc2C1(F)F.[Cl-].[Mg+2]. The third-order valence-corrected chi connectivity index (χ3v) is 1.75. The van der Waals surface area contributed by atoms with Crippen molar-refractivity contribution in [3.8, 4) is 5.75 Å². The predicted octanol–water partition coefficient (Wildman–Crippen LogP) is -0.813. The molecule has 78 valence electrons. The van der Waals surface area contributed by atoms with E-state index in [9.17, 15) is 17.6 Å². The minimum absolute atomic E-state index is 0. The fourth-order valence-electron chi connectivity index (χ4n) is 1.10. The van der Waals surface area contributed by atoms with Crippen molar-refractivity contribution < 1.29 is 34.7 Å². The van der Waals surface area contributed by atoms with Crippen molar-refractivity contribution in [2.75, 3.05) is 0 Å². The minimum atomic E-state index is -4.47. The summed E-state index contributed by atoms with van der Waals surface area (Å²) < 4.78 is 54.5. The van der Waals surface area contributed by atoms with Crippen molar-refractivity contribution in [3.05, 3.63) is 29.8 Å². The maximum Gasteiger partial charge on any atom is 2.00 e. The van der Waals surface area contributed by atoms with Crippen molar-refractivity contribution in [2.24, 2.45) is 0 Å². The second-order valence-electron chi connectivity index (χ2n) is 2.61. The van der Waals surface area contributed by atoms with Crippen molar-refractivity contribution in [2.45, 2.75) is 12.0 Å². The molecule has 1 aromatic rings. The van der Waals surface area contributed by atoms with Gasteiger partial charge in [-0.05, 0) is 5.56 Å². The Labute approximate surface area is 105 Å². The van der Waals surface area contributed by atoms with Gasteiger partial charge in [-0.1, -0.05) is 0 Å². The fourth-order valence-corrected chi connectivity index (χ4v) is 1.10. The van der Waals surface area contributed by atoms with Crippen LogP contribution in [0.25, 0.3) is 0 Å². The third kappa shape index (κ3) is 2.02. The van der Waals surface area contributed by atoms with Gasteiger partial charge in [-0.15, -0.1) is 6.07 Å². The fraction of sp³-hybridized carbons (Fsp3) is 0.250. The molecule has 0 atom stereocenters. The van der Waals surface area contributed by atoms with Gasteiger partial charge in [0.05, 0.1) is 0 Å². The molecule has 0 fully saturated rings. The molecule has 1 aromatic carbocycles. The number of hydrogen-bond acceptors (Lipinski definition) is 1. The molecule has 0 N–H and O–H groups in total. The summed E-state index contributed by atoms with van der Waals surface area (Å²) in [6.07, 6.45) is -4.47. The molecule has 0 bridgehead atoms. The van der Waals surface area contributed by atoms with Gasteiger partial charge in [-0.3, -0.25) is 0 Å². The first-order valence-corrected chi connectivity index (χ1v) is 3.41. The zero-order chi connectivity index (χ0) is 9.69. The van der Waals surface area contributed by atoms with E-state index in [1.54, 1.807) is 0 Å². The Morgan fingerprint density at radius 1 is 1.20 bits per heavy atom. The van der Waals surface area contributed by atoms with Crippen LogP contribution in [0.5, 0.6) is 5.75 Å². The first kappa shape index (κ1) is 14.8. The standard InChI is InChI=1S/C8H3F4O.ClH.Mg/c9-7(10)5-3-1-2-4-6(5)13-8(7,11)12;;/h1-3H;1H;/q-1;;+2/p-1. The van der Waals surface area contributed by atoms with E-state index in [-0.39, 0.29) is 35.5 Å². The first-order valence-electron chi connectivity index (χ1n) is 3.41. The zero-order valence-electron chi connectivity index (χ0n) is 7.24. The summed E-state index contributed by atoms with van der Waals surface area (Å²) in [5.41, 5.74) is -0.819. The van der Waals surface area contributed by atoms with Gasteiger partial charge in [0.2, 0.25) is 0 Å². The van der Waals surface area contributed by atoms with E-state index in [0.29, 0.717) is 0 Å². The topological polar surface area (TPSA) is 9.23 Å². The molecular formula is C8H3ClF4MgO. The number of halogens is 5. The first-order chi connectivity index (χ1) is 5.95. The molecule has 0 aliphatic carbocycles. The van der Waals surface area contributed by atoms with Crippen molar-refractivity contribution in [1.82, 2.24) is 0 Å². The maximum atomic E-state index is 12.8. The van der Waals surface area contributed by atoms with Crippen LogP contribution in [0.4, 0.5) is 17.6 Å². The number of para-hydroxylation sites is 1. The molecule has 7 heteroatoms. The second kappa shape index (κ2) is 4.35. The van der Waals surface area contributed by atoms with Gasteiger partial charge in [0.15, 0.2) is 0 Å². The second-order valence-corrected chi connectivity index (χ2v) is 2.61. The Bertz CT molecular complexity index is 358. The summed E-state index contributed by atoms with van der Waals surface area (Å²) >= 11 is 0. The molecule has 0 radical (unpaired) electrons. The number of ether oxygens (including phenoxy) is 1. The Balaban J connectivity index is 0.000000980. The number of hydrogen-bond donors (Lipinski definition) is 0. The average Bonchev–Trinajstić information content (AvgIpc) is 2.20. The Morgan fingerprint density at radius 3 is 2.33 bits per heavy atom. The molecular weight excluding hydrogens is 248 g/mol. The monoisotopic (exact) mass is 250 g/mol. The molecule has 0 spiro atoms. The van der Waals surface area contributed by atoms with Crippen LogP contribution in [0.15, 0.2) is 18.2 Å². The van der Waals surface area contributed by atoms with Crippen LogP contribution in [0.1, 0.15) is 5.56 Å². The molecule has 0 saturated carbocycles. The normalized spacial score (nSPS) is 19.2. The summed E-state index contributed by atoms with van der Waals surface area (Å²) in [5.74, 6) is -4.85. The summed E-state index contributed by atoms with van der Waals surface area (Å²) in [4.78, 5) is 0. The van der Waals surface area contributed by atoms with Gasteiger partial charge in [0.1, 0.15) is 0 Å². The zero-order valence-corrected chi connectivity index (χ0v) is 9.41. The summed E-state index contributed by atoms with van der Waals surface area (Å²) in [6.45, 7) is 0. The molecule has 1 nitrogen and oxygen atoms in total.